The lowest BCUT2D eigenvalue weighted by molar-refractivity contribution is 0.628. The Morgan fingerprint density at radius 2 is 1.87 bits per heavy atom. The van der Waals surface area contributed by atoms with Gasteiger partial charge in [0.25, 0.3) is 0 Å². The number of nitrogens with zero attached hydrogens (tertiary/aromatic N) is 3. The summed E-state index contributed by atoms with van der Waals surface area (Å²) in [6, 6.07) is 8.99. The summed E-state index contributed by atoms with van der Waals surface area (Å²) in [5.41, 5.74) is 13.6. The highest BCUT2D eigenvalue weighted by Crippen LogP contribution is 2.34. The first-order valence-corrected chi connectivity index (χ1v) is 6.81. The highest BCUT2D eigenvalue weighted by molar-refractivity contribution is 5.87. The summed E-state index contributed by atoms with van der Waals surface area (Å²) in [5, 5.41) is 0. The summed E-state index contributed by atoms with van der Waals surface area (Å²) in [5.74, 6) is -0.240. The summed E-state index contributed by atoms with van der Waals surface area (Å²) >= 11 is 0. The van der Waals surface area contributed by atoms with Gasteiger partial charge in [-0.1, -0.05) is 12.1 Å². The Morgan fingerprint density at radius 1 is 1.09 bits per heavy atom. The van der Waals surface area contributed by atoms with Gasteiger partial charge in [0, 0.05) is 30.4 Å². The van der Waals surface area contributed by atoms with E-state index in [1.165, 1.54) is 22.8 Å². The minimum Gasteiger partial charge on any atom is -0.383 e. The number of benzene rings is 1. The Morgan fingerprint density at radius 3 is 2.57 bits per heavy atom. The van der Waals surface area contributed by atoms with Crippen molar-refractivity contribution in [3.8, 4) is 22.4 Å². The molecule has 0 bridgehead atoms. The number of nitrogen functional groups attached to an aromatic ring is 2. The maximum absolute atomic E-state index is 13.6. The second-order valence-electron chi connectivity index (χ2n) is 5.07. The van der Waals surface area contributed by atoms with Crippen LogP contribution in [-0.4, -0.2) is 14.5 Å². The molecule has 0 amide bonds. The van der Waals surface area contributed by atoms with Gasteiger partial charge in [0.15, 0.2) is 0 Å². The SMILES string of the molecule is Cn1cc(-c2c(N)nc(N)nc2-c2cccc(F)c2)ccc1=O. The van der Waals surface area contributed by atoms with Crippen LogP contribution in [0.4, 0.5) is 16.2 Å². The Labute approximate surface area is 131 Å². The summed E-state index contributed by atoms with van der Waals surface area (Å²) in [4.78, 5) is 19.8. The third kappa shape index (κ3) is 2.76. The van der Waals surface area contributed by atoms with Gasteiger partial charge in [0.1, 0.15) is 11.6 Å². The van der Waals surface area contributed by atoms with Crippen LogP contribution in [0.1, 0.15) is 0 Å². The number of pyridine rings is 1. The zero-order valence-electron chi connectivity index (χ0n) is 12.3. The van der Waals surface area contributed by atoms with Crippen LogP contribution in [0.25, 0.3) is 22.4 Å². The summed E-state index contributed by atoms with van der Waals surface area (Å²) in [6.07, 6.45) is 1.62. The van der Waals surface area contributed by atoms with Crippen molar-refractivity contribution in [3.05, 3.63) is 58.8 Å². The number of rotatable bonds is 2. The van der Waals surface area contributed by atoms with Gasteiger partial charge in [-0.05, 0) is 18.2 Å². The van der Waals surface area contributed by atoms with Gasteiger partial charge in [0.2, 0.25) is 11.5 Å². The quantitative estimate of drug-likeness (QED) is 0.752. The lowest BCUT2D eigenvalue weighted by Gasteiger charge is -2.13. The van der Waals surface area contributed by atoms with E-state index in [2.05, 4.69) is 9.97 Å². The molecule has 3 rings (SSSR count). The van der Waals surface area contributed by atoms with Crippen LogP contribution >= 0.6 is 0 Å². The Balaban J connectivity index is 2.31. The van der Waals surface area contributed by atoms with Crippen LogP contribution in [0.2, 0.25) is 0 Å². The lowest BCUT2D eigenvalue weighted by Crippen LogP contribution is -2.14. The average molecular weight is 311 g/mol. The van der Waals surface area contributed by atoms with Gasteiger partial charge in [-0.3, -0.25) is 4.79 Å². The molecular formula is C16H14FN5O. The molecule has 3 aromatic rings. The van der Waals surface area contributed by atoms with Crippen LogP contribution in [0, 0.1) is 5.82 Å². The standard InChI is InChI=1S/C16H14FN5O/c1-22-8-10(5-6-12(22)23)13-14(20-16(19)21-15(13)18)9-3-2-4-11(17)7-9/h2-8H,1H3,(H4,18,19,20,21). The number of halogens is 1. The normalized spacial score (nSPS) is 10.7. The molecule has 7 heteroatoms. The first kappa shape index (κ1) is 14.7. The van der Waals surface area contributed by atoms with Crippen molar-refractivity contribution < 1.29 is 4.39 Å². The first-order chi connectivity index (χ1) is 11.0. The Bertz CT molecular complexity index is 951. The molecule has 1 aromatic carbocycles. The predicted molar refractivity (Wildman–Crippen MR) is 86.9 cm³/mol. The van der Waals surface area contributed by atoms with Gasteiger partial charge >= 0.3 is 0 Å². The van der Waals surface area contributed by atoms with Gasteiger partial charge in [-0.2, -0.15) is 4.98 Å². The second kappa shape index (κ2) is 5.53. The minimum absolute atomic E-state index is 0.00432. The third-order valence-corrected chi connectivity index (χ3v) is 3.43. The van der Waals surface area contributed by atoms with Crippen LogP contribution in [-0.2, 0) is 7.05 Å². The van der Waals surface area contributed by atoms with E-state index in [1.54, 1.807) is 31.4 Å². The van der Waals surface area contributed by atoms with Crippen molar-refractivity contribution in [3.63, 3.8) is 0 Å². The fourth-order valence-corrected chi connectivity index (χ4v) is 2.37. The van der Waals surface area contributed by atoms with Crippen LogP contribution < -0.4 is 17.0 Å². The summed E-state index contributed by atoms with van der Waals surface area (Å²) in [7, 11) is 1.63. The largest absolute Gasteiger partial charge is 0.383 e. The minimum atomic E-state index is -0.398. The summed E-state index contributed by atoms with van der Waals surface area (Å²) < 4.78 is 15.0. The fourth-order valence-electron chi connectivity index (χ4n) is 2.37. The van der Waals surface area contributed by atoms with E-state index in [1.807, 2.05) is 0 Å². The molecule has 0 fully saturated rings. The Kier molecular flexibility index (Phi) is 3.53. The number of hydrogen-bond acceptors (Lipinski definition) is 5. The van der Waals surface area contributed by atoms with E-state index in [4.69, 9.17) is 11.5 Å². The van der Waals surface area contributed by atoms with E-state index in [0.717, 1.165) is 0 Å². The molecule has 6 nitrogen and oxygen atoms in total. The van der Waals surface area contributed by atoms with E-state index in [0.29, 0.717) is 22.4 Å². The number of anilines is 2. The predicted octanol–water partition coefficient (Wildman–Crippen LogP) is 1.81. The number of hydrogen-bond donors (Lipinski definition) is 2. The van der Waals surface area contributed by atoms with E-state index >= 15 is 0 Å². The molecular weight excluding hydrogens is 297 g/mol. The monoisotopic (exact) mass is 311 g/mol. The molecule has 0 saturated carbocycles. The molecule has 0 unspecified atom stereocenters. The molecule has 0 atom stereocenters. The van der Waals surface area contributed by atoms with E-state index < -0.39 is 5.82 Å². The van der Waals surface area contributed by atoms with Gasteiger partial charge in [0.05, 0.1) is 11.3 Å². The lowest BCUT2D eigenvalue weighted by atomic mass is 10.0. The molecule has 0 saturated heterocycles. The highest BCUT2D eigenvalue weighted by Gasteiger charge is 2.16. The van der Waals surface area contributed by atoms with Crippen molar-refractivity contribution in [2.75, 3.05) is 11.5 Å². The van der Waals surface area contributed by atoms with Crippen molar-refractivity contribution in [1.29, 1.82) is 0 Å². The average Bonchev–Trinajstić information content (AvgIpc) is 2.49. The fraction of sp³-hybridized carbons (Fsp3) is 0.0625. The number of aryl methyl sites for hydroxylation is 1. The molecule has 4 N–H and O–H groups in total. The molecule has 0 aliphatic carbocycles. The molecule has 0 aliphatic heterocycles. The van der Waals surface area contributed by atoms with Gasteiger partial charge < -0.3 is 16.0 Å². The zero-order chi connectivity index (χ0) is 16.6. The van der Waals surface area contributed by atoms with E-state index in [-0.39, 0.29) is 17.3 Å². The third-order valence-electron chi connectivity index (χ3n) is 3.43. The van der Waals surface area contributed by atoms with Crippen molar-refractivity contribution in [2.24, 2.45) is 7.05 Å². The Hall–Kier alpha value is -3.22. The van der Waals surface area contributed by atoms with Crippen molar-refractivity contribution in [2.45, 2.75) is 0 Å². The second-order valence-corrected chi connectivity index (χ2v) is 5.07. The molecule has 2 aromatic heterocycles. The van der Waals surface area contributed by atoms with Gasteiger partial charge in [-0.25, -0.2) is 9.37 Å². The van der Waals surface area contributed by atoms with Gasteiger partial charge in [-0.15, -0.1) is 0 Å². The molecule has 0 radical (unpaired) electrons. The smallest absolute Gasteiger partial charge is 0.250 e. The zero-order valence-corrected chi connectivity index (χ0v) is 12.3. The molecule has 0 aliphatic rings. The topological polar surface area (TPSA) is 99.8 Å². The van der Waals surface area contributed by atoms with Crippen LogP contribution in [0.5, 0.6) is 0 Å². The highest BCUT2D eigenvalue weighted by atomic mass is 19.1. The molecule has 116 valence electrons. The maximum atomic E-state index is 13.6. The maximum Gasteiger partial charge on any atom is 0.250 e. The number of nitrogens with two attached hydrogens (primary N) is 2. The van der Waals surface area contributed by atoms with E-state index in [9.17, 15) is 9.18 Å². The van der Waals surface area contributed by atoms with Crippen molar-refractivity contribution >= 4 is 11.8 Å². The molecule has 0 spiro atoms. The van der Waals surface area contributed by atoms with Crippen LogP contribution in [0.3, 0.4) is 0 Å². The number of aromatic nitrogens is 3. The van der Waals surface area contributed by atoms with Crippen molar-refractivity contribution in [1.82, 2.24) is 14.5 Å². The summed E-state index contributed by atoms with van der Waals surface area (Å²) in [6.45, 7) is 0. The van der Waals surface area contributed by atoms with Crippen LogP contribution in [0.15, 0.2) is 47.4 Å². The molecule has 23 heavy (non-hydrogen) atoms. The first-order valence-electron chi connectivity index (χ1n) is 6.81. The molecule has 2 heterocycles.